The second-order valence-corrected chi connectivity index (χ2v) is 10.8. The third kappa shape index (κ3) is 4.23. The van der Waals surface area contributed by atoms with Crippen molar-refractivity contribution >= 4 is 44.2 Å². The molecule has 1 aromatic carbocycles. The molecule has 0 atom stereocenters. The number of benzene rings is 1. The molecular formula is C24H23F3N6OS. The fourth-order valence-electron chi connectivity index (χ4n) is 5.43. The highest BCUT2D eigenvalue weighted by molar-refractivity contribution is 7.18. The zero-order valence-corrected chi connectivity index (χ0v) is 19.5. The van der Waals surface area contributed by atoms with Gasteiger partial charge in [0.05, 0.1) is 11.8 Å². The Labute approximate surface area is 202 Å². The van der Waals surface area contributed by atoms with Gasteiger partial charge in [-0.1, -0.05) is 12.1 Å². The third-order valence-corrected chi connectivity index (χ3v) is 8.01. The minimum Gasteiger partial charge on any atom is -0.364 e. The van der Waals surface area contributed by atoms with Crippen LogP contribution in [0.1, 0.15) is 27.3 Å². The molecule has 11 heteroatoms. The van der Waals surface area contributed by atoms with Crippen LogP contribution in [0.4, 0.5) is 19.0 Å². The summed E-state index contributed by atoms with van der Waals surface area (Å²) in [6, 6.07) is 9.49. The molecule has 3 N–H and O–H groups in total. The first kappa shape index (κ1) is 22.3. The number of primary amides is 1. The van der Waals surface area contributed by atoms with E-state index in [0.29, 0.717) is 15.9 Å². The number of carbonyl (C=O) groups excluding carboxylic acids is 1. The molecule has 2 saturated heterocycles. The summed E-state index contributed by atoms with van der Waals surface area (Å²) >= 11 is 1.09. The van der Waals surface area contributed by atoms with E-state index in [2.05, 4.69) is 36.9 Å². The van der Waals surface area contributed by atoms with Crippen LogP contribution in [-0.4, -0.2) is 58.1 Å². The molecule has 1 spiro atoms. The van der Waals surface area contributed by atoms with E-state index >= 15 is 0 Å². The van der Waals surface area contributed by atoms with Crippen molar-refractivity contribution in [2.75, 3.05) is 31.1 Å². The van der Waals surface area contributed by atoms with Crippen LogP contribution in [0.15, 0.2) is 36.7 Å². The van der Waals surface area contributed by atoms with Gasteiger partial charge in [0.25, 0.3) is 5.91 Å². The molecule has 2 fully saturated rings. The van der Waals surface area contributed by atoms with Crippen molar-refractivity contribution in [2.24, 2.45) is 11.1 Å². The van der Waals surface area contributed by atoms with Crippen molar-refractivity contribution < 1.29 is 18.0 Å². The lowest BCUT2D eigenvalue weighted by atomic mass is 9.79. The average molecular weight is 501 g/mol. The van der Waals surface area contributed by atoms with E-state index in [9.17, 15) is 18.0 Å². The predicted octanol–water partition coefficient (Wildman–Crippen LogP) is 4.09. The summed E-state index contributed by atoms with van der Waals surface area (Å²) in [5, 5.41) is 1.66. The largest absolute Gasteiger partial charge is 0.393 e. The van der Waals surface area contributed by atoms with Crippen molar-refractivity contribution in [1.29, 1.82) is 0 Å². The number of anilines is 1. The average Bonchev–Trinajstić information content (AvgIpc) is 3.47. The van der Waals surface area contributed by atoms with Crippen LogP contribution in [0.2, 0.25) is 0 Å². The van der Waals surface area contributed by atoms with Gasteiger partial charge in [-0.3, -0.25) is 9.69 Å². The number of aromatic amines is 1. The van der Waals surface area contributed by atoms with Gasteiger partial charge in [-0.2, -0.15) is 13.2 Å². The lowest BCUT2D eigenvalue weighted by molar-refractivity contribution is -0.126. The monoisotopic (exact) mass is 500 g/mol. The van der Waals surface area contributed by atoms with Gasteiger partial charge in [-0.25, -0.2) is 9.97 Å². The first-order valence-corrected chi connectivity index (χ1v) is 12.2. The Balaban J connectivity index is 1.13. The Morgan fingerprint density at radius 3 is 2.77 bits per heavy atom. The highest BCUT2D eigenvalue weighted by atomic mass is 32.1. The van der Waals surface area contributed by atoms with E-state index in [1.807, 2.05) is 6.07 Å². The maximum absolute atomic E-state index is 12.8. The summed E-state index contributed by atoms with van der Waals surface area (Å²) in [6.07, 6.45) is -2.67. The lowest BCUT2D eigenvalue weighted by Gasteiger charge is -2.49. The van der Waals surface area contributed by atoms with Crippen molar-refractivity contribution in [1.82, 2.24) is 19.9 Å². The second kappa shape index (κ2) is 7.92. The van der Waals surface area contributed by atoms with Crippen LogP contribution >= 0.6 is 11.3 Å². The Morgan fingerprint density at radius 2 is 2.00 bits per heavy atom. The zero-order chi connectivity index (χ0) is 24.4. The molecule has 0 aliphatic carbocycles. The van der Waals surface area contributed by atoms with E-state index in [4.69, 9.17) is 5.73 Å². The number of carbonyl (C=O) groups is 1. The quantitative estimate of drug-likeness (QED) is 0.431. The SMILES string of the molecule is NC(=O)c1cc2ccc(CN3CCC4(C3)CN(c3ncnc5sc(CC(F)(F)F)cc35)C4)cc2[nH]1. The van der Waals surface area contributed by atoms with E-state index < -0.39 is 18.5 Å². The number of thiophene rings is 1. The molecule has 7 nitrogen and oxygen atoms in total. The molecular weight excluding hydrogens is 477 g/mol. The summed E-state index contributed by atoms with van der Waals surface area (Å²) < 4.78 is 38.5. The number of hydrogen-bond acceptors (Lipinski definition) is 6. The fourth-order valence-corrected chi connectivity index (χ4v) is 6.45. The van der Waals surface area contributed by atoms with E-state index in [0.717, 1.165) is 72.8 Å². The summed E-state index contributed by atoms with van der Waals surface area (Å²) in [4.78, 5) is 28.6. The van der Waals surface area contributed by atoms with Crippen molar-refractivity contribution in [3.8, 4) is 0 Å². The minimum absolute atomic E-state index is 0.164. The van der Waals surface area contributed by atoms with E-state index in [1.165, 1.54) is 6.33 Å². The Hall–Kier alpha value is -3.18. The topological polar surface area (TPSA) is 91.1 Å². The van der Waals surface area contributed by atoms with Gasteiger partial charge < -0.3 is 15.6 Å². The number of fused-ring (bicyclic) bond motifs is 2. The van der Waals surface area contributed by atoms with Crippen LogP contribution in [0.3, 0.4) is 0 Å². The van der Waals surface area contributed by atoms with Gasteiger partial charge in [0.15, 0.2) is 0 Å². The number of rotatable bonds is 5. The van der Waals surface area contributed by atoms with Crippen molar-refractivity contribution in [2.45, 2.75) is 25.6 Å². The molecule has 2 aliphatic rings. The zero-order valence-electron chi connectivity index (χ0n) is 18.7. The van der Waals surface area contributed by atoms with Gasteiger partial charge in [-0.15, -0.1) is 11.3 Å². The number of alkyl halides is 3. The second-order valence-electron chi connectivity index (χ2n) is 9.71. The molecule has 1 amide bonds. The van der Waals surface area contributed by atoms with Crippen LogP contribution < -0.4 is 10.6 Å². The summed E-state index contributed by atoms with van der Waals surface area (Å²) in [6.45, 7) is 4.41. The Bertz CT molecular complexity index is 1440. The number of hydrogen-bond donors (Lipinski definition) is 2. The van der Waals surface area contributed by atoms with Crippen LogP contribution in [0.25, 0.3) is 21.1 Å². The third-order valence-electron chi connectivity index (χ3n) is 6.96. The van der Waals surface area contributed by atoms with Gasteiger partial charge in [0.2, 0.25) is 0 Å². The fraction of sp³-hybridized carbons (Fsp3) is 0.375. The number of aromatic nitrogens is 3. The molecule has 0 unspecified atom stereocenters. The van der Waals surface area contributed by atoms with Crippen molar-refractivity contribution in [3.05, 3.63) is 52.8 Å². The molecule has 6 rings (SSSR count). The van der Waals surface area contributed by atoms with Gasteiger partial charge >= 0.3 is 6.18 Å². The number of amides is 1. The van der Waals surface area contributed by atoms with Crippen LogP contribution in [0.5, 0.6) is 0 Å². The summed E-state index contributed by atoms with van der Waals surface area (Å²) in [5.41, 5.74) is 8.00. The van der Waals surface area contributed by atoms with E-state index in [-0.39, 0.29) is 10.3 Å². The van der Waals surface area contributed by atoms with Gasteiger partial charge in [0.1, 0.15) is 22.7 Å². The molecule has 4 aromatic rings. The maximum Gasteiger partial charge on any atom is 0.393 e. The molecule has 2 aliphatic heterocycles. The molecule has 5 heterocycles. The molecule has 0 radical (unpaired) electrons. The number of halogens is 3. The number of H-pyrrole nitrogens is 1. The summed E-state index contributed by atoms with van der Waals surface area (Å²) in [7, 11) is 0. The Kier molecular flexibility index (Phi) is 5.05. The smallest absolute Gasteiger partial charge is 0.364 e. The summed E-state index contributed by atoms with van der Waals surface area (Å²) in [5.74, 6) is 0.255. The van der Waals surface area contributed by atoms with E-state index in [1.54, 1.807) is 12.1 Å². The molecule has 35 heavy (non-hydrogen) atoms. The first-order valence-electron chi connectivity index (χ1n) is 11.4. The molecule has 0 saturated carbocycles. The van der Waals surface area contributed by atoms with Gasteiger partial charge in [-0.05, 0) is 36.7 Å². The minimum atomic E-state index is -4.24. The normalized spacial score (nSPS) is 18.1. The first-order chi connectivity index (χ1) is 16.7. The predicted molar refractivity (Wildman–Crippen MR) is 129 cm³/mol. The number of nitrogens with zero attached hydrogens (tertiary/aromatic N) is 4. The molecule has 182 valence electrons. The highest BCUT2D eigenvalue weighted by Gasteiger charge is 2.48. The van der Waals surface area contributed by atoms with Crippen LogP contribution in [-0.2, 0) is 13.0 Å². The number of nitrogens with one attached hydrogen (secondary N) is 1. The molecule has 3 aromatic heterocycles. The standard InChI is InChI=1S/C24H23F3N6OS/c25-24(26,27)8-16-7-17-21(29-13-30-22(17)35-16)33-11-23(12-33)3-4-32(10-23)9-14-1-2-15-6-19(20(28)34)31-18(15)5-14/h1-2,5-7,13,31H,3-4,8-12H2,(H2,28,34). The number of nitrogens with two attached hydrogens (primary N) is 1. The van der Waals surface area contributed by atoms with Gasteiger partial charge in [0, 0.05) is 47.4 Å². The van der Waals surface area contributed by atoms with Crippen LogP contribution in [0, 0.1) is 5.41 Å². The van der Waals surface area contributed by atoms with Crippen molar-refractivity contribution in [3.63, 3.8) is 0 Å². The molecule has 0 bridgehead atoms. The highest BCUT2D eigenvalue weighted by Crippen LogP contribution is 2.44. The number of likely N-dealkylation sites (tertiary alicyclic amines) is 1. The maximum atomic E-state index is 12.8. The Morgan fingerprint density at radius 1 is 1.17 bits per heavy atom. The lowest BCUT2D eigenvalue weighted by Crippen LogP contribution is -2.58.